The first-order valence-electron chi connectivity index (χ1n) is 9.27. The van der Waals surface area contributed by atoms with Gasteiger partial charge in [-0.2, -0.15) is 0 Å². The van der Waals surface area contributed by atoms with E-state index in [4.69, 9.17) is 0 Å². The summed E-state index contributed by atoms with van der Waals surface area (Å²) in [6, 6.07) is 30.4. The summed E-state index contributed by atoms with van der Waals surface area (Å²) in [6.07, 6.45) is 2.97. The van der Waals surface area contributed by atoms with Gasteiger partial charge in [-0.1, -0.05) is 104 Å². The van der Waals surface area contributed by atoms with E-state index in [9.17, 15) is 5.11 Å². The van der Waals surface area contributed by atoms with Gasteiger partial charge in [0, 0.05) is 5.41 Å². The molecule has 1 aliphatic rings. The highest BCUT2D eigenvalue weighted by molar-refractivity contribution is 5.72. The lowest BCUT2D eigenvalue weighted by Crippen LogP contribution is -2.51. The highest BCUT2D eigenvalue weighted by atomic mass is 16.3. The maximum absolute atomic E-state index is 12.3. The van der Waals surface area contributed by atoms with Crippen LogP contribution in [0.15, 0.2) is 97.6 Å². The Balaban J connectivity index is 1.92. The fourth-order valence-corrected chi connectivity index (χ4v) is 4.41. The van der Waals surface area contributed by atoms with E-state index < -0.39 is 11.0 Å². The summed E-state index contributed by atoms with van der Waals surface area (Å²) in [5, 5.41) is 12.3. The highest BCUT2D eigenvalue weighted by Gasteiger charge is 2.57. The first kappa shape index (κ1) is 16.8. The van der Waals surface area contributed by atoms with Crippen LogP contribution in [0.2, 0.25) is 0 Å². The van der Waals surface area contributed by atoms with Crippen molar-refractivity contribution in [3.05, 3.63) is 114 Å². The fourth-order valence-electron chi connectivity index (χ4n) is 4.41. The third kappa shape index (κ3) is 2.43. The summed E-state index contributed by atoms with van der Waals surface area (Å²) in [4.78, 5) is 0. The van der Waals surface area contributed by atoms with Gasteiger partial charge in [0.25, 0.3) is 0 Å². The average Bonchev–Trinajstić information content (AvgIpc) is 2.69. The van der Waals surface area contributed by atoms with Gasteiger partial charge in [0.15, 0.2) is 0 Å². The summed E-state index contributed by atoms with van der Waals surface area (Å²) >= 11 is 0. The highest BCUT2D eigenvalue weighted by Crippen LogP contribution is 2.62. The van der Waals surface area contributed by atoms with Crippen molar-refractivity contribution in [1.82, 2.24) is 0 Å². The van der Waals surface area contributed by atoms with Crippen LogP contribution < -0.4 is 0 Å². The molecular formula is C25H24O. The van der Waals surface area contributed by atoms with Gasteiger partial charge in [-0.05, 0) is 35.1 Å². The van der Waals surface area contributed by atoms with Crippen molar-refractivity contribution in [2.45, 2.75) is 24.9 Å². The number of aliphatic hydroxyl groups is 1. The zero-order valence-corrected chi connectivity index (χ0v) is 14.9. The Bertz CT molecular complexity index is 838. The summed E-state index contributed by atoms with van der Waals surface area (Å²) < 4.78 is 0. The average molecular weight is 340 g/mol. The second-order valence-corrected chi connectivity index (χ2v) is 7.22. The fraction of sp³-hybridized carbons (Fsp3) is 0.200. The van der Waals surface area contributed by atoms with Crippen molar-refractivity contribution in [3.63, 3.8) is 0 Å². The van der Waals surface area contributed by atoms with Gasteiger partial charge in [0.05, 0.1) is 0 Å². The Morgan fingerprint density at radius 2 is 1.15 bits per heavy atom. The van der Waals surface area contributed by atoms with Crippen molar-refractivity contribution >= 4 is 5.57 Å². The molecule has 0 amide bonds. The molecular weight excluding hydrogens is 316 g/mol. The van der Waals surface area contributed by atoms with Crippen molar-refractivity contribution in [3.8, 4) is 0 Å². The van der Waals surface area contributed by atoms with E-state index in [1.807, 2.05) is 78.9 Å². The molecule has 1 nitrogen and oxygen atoms in total. The van der Waals surface area contributed by atoms with E-state index in [1.165, 1.54) is 0 Å². The van der Waals surface area contributed by atoms with Crippen molar-refractivity contribution in [2.24, 2.45) is 5.41 Å². The van der Waals surface area contributed by atoms with Crippen LogP contribution >= 0.6 is 0 Å². The Kier molecular flexibility index (Phi) is 4.26. The molecule has 1 aliphatic carbocycles. The lowest BCUT2D eigenvalue weighted by Gasteiger charge is -2.55. The van der Waals surface area contributed by atoms with Crippen LogP contribution in [0, 0.1) is 5.41 Å². The molecule has 0 aliphatic heterocycles. The van der Waals surface area contributed by atoms with Gasteiger partial charge in [-0.25, -0.2) is 0 Å². The molecule has 4 rings (SSSR count). The standard InChI is InChI=1S/C25H24O/c1-20(21-12-5-2-6-13-21)24(18-11-19-24)25(26,22-14-7-3-8-15-22)23-16-9-4-10-17-23/h2-10,12-17,26H,1,11,18-19H2. The second kappa shape index (κ2) is 6.59. The minimum atomic E-state index is -1.10. The molecule has 0 unspecified atom stereocenters. The van der Waals surface area contributed by atoms with Crippen LogP contribution in [-0.2, 0) is 5.60 Å². The van der Waals surface area contributed by atoms with E-state index in [0.29, 0.717) is 0 Å². The Morgan fingerprint density at radius 3 is 1.54 bits per heavy atom. The van der Waals surface area contributed by atoms with E-state index >= 15 is 0 Å². The molecule has 0 bridgehead atoms. The molecule has 0 atom stereocenters. The second-order valence-electron chi connectivity index (χ2n) is 7.22. The van der Waals surface area contributed by atoms with Crippen LogP contribution in [0.5, 0.6) is 0 Å². The van der Waals surface area contributed by atoms with Gasteiger partial charge in [-0.3, -0.25) is 0 Å². The molecule has 0 radical (unpaired) electrons. The van der Waals surface area contributed by atoms with Crippen LogP contribution in [0.25, 0.3) is 5.57 Å². The van der Waals surface area contributed by atoms with Crippen LogP contribution in [0.1, 0.15) is 36.0 Å². The topological polar surface area (TPSA) is 20.2 Å². The molecule has 130 valence electrons. The number of benzene rings is 3. The first-order valence-corrected chi connectivity index (χ1v) is 9.27. The van der Waals surface area contributed by atoms with Crippen molar-refractivity contribution in [1.29, 1.82) is 0 Å². The van der Waals surface area contributed by atoms with Crippen LogP contribution in [-0.4, -0.2) is 5.11 Å². The molecule has 1 saturated carbocycles. The predicted molar refractivity (Wildman–Crippen MR) is 108 cm³/mol. The zero-order chi connectivity index (χ0) is 18.0. The number of hydrogen-bond acceptors (Lipinski definition) is 1. The van der Waals surface area contributed by atoms with E-state index in [0.717, 1.165) is 41.5 Å². The SMILES string of the molecule is C=C(c1ccccc1)C1(C(O)(c2ccccc2)c2ccccc2)CCC1. The summed E-state index contributed by atoms with van der Waals surface area (Å²) in [5.41, 5.74) is 2.51. The monoisotopic (exact) mass is 340 g/mol. The first-order chi connectivity index (χ1) is 12.7. The van der Waals surface area contributed by atoms with Crippen molar-refractivity contribution < 1.29 is 5.11 Å². The van der Waals surface area contributed by atoms with Crippen molar-refractivity contribution in [2.75, 3.05) is 0 Å². The minimum Gasteiger partial charge on any atom is -0.379 e. The molecule has 26 heavy (non-hydrogen) atoms. The zero-order valence-electron chi connectivity index (χ0n) is 14.9. The molecule has 1 fully saturated rings. The molecule has 0 aromatic heterocycles. The minimum absolute atomic E-state index is 0.392. The van der Waals surface area contributed by atoms with E-state index in [1.54, 1.807) is 0 Å². The summed E-state index contributed by atoms with van der Waals surface area (Å²) in [6.45, 7) is 4.48. The van der Waals surface area contributed by atoms with Gasteiger partial charge in [-0.15, -0.1) is 0 Å². The molecule has 1 N–H and O–H groups in total. The van der Waals surface area contributed by atoms with Gasteiger partial charge in [0.2, 0.25) is 0 Å². The molecule has 0 heterocycles. The summed E-state index contributed by atoms with van der Waals surface area (Å²) in [7, 11) is 0. The largest absolute Gasteiger partial charge is 0.379 e. The van der Waals surface area contributed by atoms with Gasteiger partial charge >= 0.3 is 0 Å². The predicted octanol–water partition coefficient (Wildman–Crippen LogP) is 5.81. The third-order valence-electron chi connectivity index (χ3n) is 5.98. The Labute approximate surface area is 155 Å². The molecule has 0 saturated heterocycles. The van der Waals surface area contributed by atoms with Crippen LogP contribution in [0.3, 0.4) is 0 Å². The van der Waals surface area contributed by atoms with Gasteiger partial charge in [0.1, 0.15) is 5.60 Å². The van der Waals surface area contributed by atoms with Crippen LogP contribution in [0.4, 0.5) is 0 Å². The quantitative estimate of drug-likeness (QED) is 0.622. The normalized spacial score (nSPS) is 15.9. The molecule has 3 aromatic carbocycles. The summed E-state index contributed by atoms with van der Waals surface area (Å²) in [5.74, 6) is 0. The lowest BCUT2D eigenvalue weighted by molar-refractivity contribution is -0.0655. The maximum atomic E-state index is 12.3. The van der Waals surface area contributed by atoms with E-state index in [-0.39, 0.29) is 0 Å². The molecule has 0 spiro atoms. The Hall–Kier alpha value is -2.64. The number of rotatable bonds is 5. The smallest absolute Gasteiger partial charge is 0.124 e. The third-order valence-corrected chi connectivity index (χ3v) is 5.98. The Morgan fingerprint density at radius 1 is 0.731 bits per heavy atom. The molecule has 3 aromatic rings. The maximum Gasteiger partial charge on any atom is 0.124 e. The van der Waals surface area contributed by atoms with E-state index in [2.05, 4.69) is 18.7 Å². The van der Waals surface area contributed by atoms with Gasteiger partial charge < -0.3 is 5.11 Å². The number of hydrogen-bond donors (Lipinski definition) is 1. The lowest BCUT2D eigenvalue weighted by atomic mass is 9.51. The molecule has 1 heteroatoms.